The lowest BCUT2D eigenvalue weighted by Crippen LogP contribution is -2.08. The number of benzene rings is 3. The maximum Gasteiger partial charge on any atom is 0.341 e. The second kappa shape index (κ2) is 11.5. The first-order valence-electron chi connectivity index (χ1n) is 10.0. The number of rotatable bonds is 10. The molecule has 0 radical (unpaired) electrons. The fraction of sp³-hybridized carbons (Fsp3) is 0.192. The summed E-state index contributed by atoms with van der Waals surface area (Å²) in [6.45, 7) is 0.863. The Morgan fingerprint density at radius 3 is 2.29 bits per heavy atom. The molecule has 0 bridgehead atoms. The SMILES string of the molecule is CO/C=C(/C(=O)OC)c1ccccc1COc1cccc(OCCc2ccccc2)c1. The summed E-state index contributed by atoms with van der Waals surface area (Å²) in [5.41, 5.74) is 3.11. The van der Waals surface area contributed by atoms with Crippen molar-refractivity contribution < 1.29 is 23.7 Å². The standard InChI is InChI=1S/C26H26O5/c1-28-19-25(26(27)29-2)24-14-7-6-11-21(24)18-31-23-13-8-12-22(17-23)30-16-15-20-9-4-3-5-10-20/h3-14,17,19H,15-16,18H2,1-2H3/b25-19+. The van der Waals surface area contributed by atoms with Gasteiger partial charge in [-0.2, -0.15) is 0 Å². The molecule has 3 aromatic rings. The second-order valence-electron chi connectivity index (χ2n) is 6.76. The number of esters is 1. The lowest BCUT2D eigenvalue weighted by atomic mass is 10.0. The van der Waals surface area contributed by atoms with Crippen molar-refractivity contribution in [3.8, 4) is 11.5 Å². The first-order valence-corrected chi connectivity index (χ1v) is 10.0. The predicted molar refractivity (Wildman–Crippen MR) is 120 cm³/mol. The van der Waals surface area contributed by atoms with E-state index in [2.05, 4.69) is 12.1 Å². The van der Waals surface area contributed by atoms with E-state index in [0.717, 1.165) is 17.7 Å². The van der Waals surface area contributed by atoms with E-state index >= 15 is 0 Å². The van der Waals surface area contributed by atoms with Gasteiger partial charge in [0.2, 0.25) is 0 Å². The van der Waals surface area contributed by atoms with Crippen molar-refractivity contribution >= 4 is 11.5 Å². The average Bonchev–Trinajstić information content (AvgIpc) is 2.82. The molecule has 0 heterocycles. The summed E-state index contributed by atoms with van der Waals surface area (Å²) in [6, 6.07) is 25.2. The van der Waals surface area contributed by atoms with Crippen molar-refractivity contribution in [3.63, 3.8) is 0 Å². The molecule has 0 N–H and O–H groups in total. The van der Waals surface area contributed by atoms with E-state index in [9.17, 15) is 4.79 Å². The zero-order valence-electron chi connectivity index (χ0n) is 17.7. The largest absolute Gasteiger partial charge is 0.503 e. The third-order valence-electron chi connectivity index (χ3n) is 4.65. The third kappa shape index (κ3) is 6.37. The van der Waals surface area contributed by atoms with Gasteiger partial charge in [0.15, 0.2) is 0 Å². The lowest BCUT2D eigenvalue weighted by Gasteiger charge is -2.13. The van der Waals surface area contributed by atoms with E-state index in [1.165, 1.54) is 26.0 Å². The van der Waals surface area contributed by atoms with Crippen LogP contribution < -0.4 is 9.47 Å². The molecule has 0 aromatic heterocycles. The van der Waals surface area contributed by atoms with Crippen molar-refractivity contribution in [1.82, 2.24) is 0 Å². The van der Waals surface area contributed by atoms with E-state index < -0.39 is 5.97 Å². The van der Waals surface area contributed by atoms with Crippen molar-refractivity contribution in [3.05, 3.63) is 102 Å². The number of methoxy groups -OCH3 is 2. The van der Waals surface area contributed by atoms with Gasteiger partial charge >= 0.3 is 5.97 Å². The van der Waals surface area contributed by atoms with Crippen LogP contribution in [0.15, 0.2) is 85.1 Å². The normalized spacial score (nSPS) is 11.0. The van der Waals surface area contributed by atoms with Crippen LogP contribution in [0, 0.1) is 0 Å². The van der Waals surface area contributed by atoms with Crippen molar-refractivity contribution in [2.24, 2.45) is 0 Å². The molecule has 31 heavy (non-hydrogen) atoms. The van der Waals surface area contributed by atoms with Crippen LogP contribution in [0.2, 0.25) is 0 Å². The molecule has 160 valence electrons. The first kappa shape index (κ1) is 22.0. The molecule has 0 aliphatic carbocycles. The smallest absolute Gasteiger partial charge is 0.341 e. The monoisotopic (exact) mass is 418 g/mol. The van der Waals surface area contributed by atoms with Gasteiger partial charge < -0.3 is 18.9 Å². The molecule has 0 spiro atoms. The first-order chi connectivity index (χ1) is 15.2. The highest BCUT2D eigenvalue weighted by Gasteiger charge is 2.17. The number of carbonyl (C=O) groups excluding carboxylic acids is 1. The van der Waals surface area contributed by atoms with E-state index in [1.807, 2.05) is 66.7 Å². The molecule has 0 atom stereocenters. The van der Waals surface area contributed by atoms with Gasteiger partial charge in [0, 0.05) is 12.5 Å². The number of hydrogen-bond acceptors (Lipinski definition) is 5. The zero-order valence-corrected chi connectivity index (χ0v) is 17.7. The highest BCUT2D eigenvalue weighted by atomic mass is 16.5. The lowest BCUT2D eigenvalue weighted by molar-refractivity contribution is -0.133. The molecule has 0 saturated heterocycles. The van der Waals surface area contributed by atoms with E-state index in [-0.39, 0.29) is 6.61 Å². The van der Waals surface area contributed by atoms with Gasteiger partial charge in [0.1, 0.15) is 23.7 Å². The second-order valence-corrected chi connectivity index (χ2v) is 6.76. The minimum atomic E-state index is -0.469. The summed E-state index contributed by atoms with van der Waals surface area (Å²) in [6.07, 6.45) is 2.22. The maximum atomic E-state index is 12.1. The predicted octanol–water partition coefficient (Wildman–Crippen LogP) is 5.05. The molecule has 3 rings (SSSR count). The van der Waals surface area contributed by atoms with Gasteiger partial charge in [-0.15, -0.1) is 0 Å². The van der Waals surface area contributed by atoms with Crippen LogP contribution in [0.4, 0.5) is 0 Å². The number of hydrogen-bond donors (Lipinski definition) is 0. The molecular weight excluding hydrogens is 392 g/mol. The topological polar surface area (TPSA) is 54.0 Å². The zero-order chi connectivity index (χ0) is 21.9. The van der Waals surface area contributed by atoms with Crippen LogP contribution in [0.5, 0.6) is 11.5 Å². The third-order valence-corrected chi connectivity index (χ3v) is 4.65. The molecule has 3 aromatic carbocycles. The Morgan fingerprint density at radius 1 is 0.839 bits per heavy atom. The van der Waals surface area contributed by atoms with Crippen LogP contribution in [-0.2, 0) is 27.3 Å². The van der Waals surface area contributed by atoms with Gasteiger partial charge in [-0.25, -0.2) is 4.79 Å². The maximum absolute atomic E-state index is 12.1. The molecule has 0 aliphatic rings. The molecule has 5 heteroatoms. The van der Waals surface area contributed by atoms with Crippen LogP contribution in [0.1, 0.15) is 16.7 Å². The van der Waals surface area contributed by atoms with E-state index in [4.69, 9.17) is 18.9 Å². The van der Waals surface area contributed by atoms with E-state index in [1.54, 1.807) is 0 Å². The van der Waals surface area contributed by atoms with E-state index in [0.29, 0.717) is 23.5 Å². The Kier molecular flexibility index (Phi) is 8.12. The number of carbonyl (C=O) groups is 1. The summed E-state index contributed by atoms with van der Waals surface area (Å²) < 4.78 is 21.8. The Hall–Kier alpha value is -3.73. The average molecular weight is 418 g/mol. The highest BCUT2D eigenvalue weighted by Crippen LogP contribution is 2.24. The quantitative estimate of drug-likeness (QED) is 0.262. The van der Waals surface area contributed by atoms with Crippen LogP contribution >= 0.6 is 0 Å². The summed E-state index contributed by atoms with van der Waals surface area (Å²) >= 11 is 0. The van der Waals surface area contributed by atoms with Gasteiger partial charge in [-0.05, 0) is 28.8 Å². The summed E-state index contributed by atoms with van der Waals surface area (Å²) in [4.78, 5) is 12.1. The fourth-order valence-electron chi connectivity index (χ4n) is 3.10. The molecule has 0 unspecified atom stereocenters. The van der Waals surface area contributed by atoms with Crippen LogP contribution in [0.3, 0.4) is 0 Å². The fourth-order valence-corrected chi connectivity index (χ4v) is 3.10. The van der Waals surface area contributed by atoms with Gasteiger partial charge in [-0.1, -0.05) is 60.7 Å². The van der Waals surface area contributed by atoms with Gasteiger partial charge in [-0.3, -0.25) is 0 Å². The molecule has 0 amide bonds. The molecule has 0 saturated carbocycles. The minimum Gasteiger partial charge on any atom is -0.503 e. The van der Waals surface area contributed by atoms with Gasteiger partial charge in [0.05, 0.1) is 27.1 Å². The summed E-state index contributed by atoms with van der Waals surface area (Å²) in [5.74, 6) is 0.960. The van der Waals surface area contributed by atoms with Crippen LogP contribution in [0.25, 0.3) is 5.57 Å². The Labute approximate surface area is 182 Å². The molecular formula is C26H26O5. The molecule has 0 aliphatic heterocycles. The Bertz CT molecular complexity index is 1010. The van der Waals surface area contributed by atoms with Gasteiger partial charge in [0.25, 0.3) is 0 Å². The van der Waals surface area contributed by atoms with Crippen molar-refractivity contribution in [2.75, 3.05) is 20.8 Å². The number of ether oxygens (including phenoxy) is 4. The summed E-state index contributed by atoms with van der Waals surface area (Å²) in [5, 5.41) is 0. The van der Waals surface area contributed by atoms with Crippen LogP contribution in [-0.4, -0.2) is 26.8 Å². The van der Waals surface area contributed by atoms with Crippen molar-refractivity contribution in [1.29, 1.82) is 0 Å². The summed E-state index contributed by atoms with van der Waals surface area (Å²) in [7, 11) is 2.83. The Morgan fingerprint density at radius 2 is 1.55 bits per heavy atom. The molecule has 0 fully saturated rings. The minimum absolute atomic E-state index is 0.279. The molecule has 5 nitrogen and oxygen atoms in total. The van der Waals surface area contributed by atoms with Crippen molar-refractivity contribution in [2.45, 2.75) is 13.0 Å². The highest BCUT2D eigenvalue weighted by molar-refractivity contribution is 6.16. The Balaban J connectivity index is 1.65.